The van der Waals surface area contributed by atoms with Crippen molar-refractivity contribution in [2.24, 2.45) is 5.92 Å². The predicted octanol–water partition coefficient (Wildman–Crippen LogP) is 4.31. The van der Waals surface area contributed by atoms with Crippen molar-refractivity contribution in [3.05, 3.63) is 76.0 Å². The molecule has 1 aromatic heterocycles. The maximum Gasteiger partial charge on any atom is 0.223 e. The predicted molar refractivity (Wildman–Crippen MR) is 192 cm³/mol. The number of carbonyl (C=O) groups excluding carboxylic acids is 3. The highest BCUT2D eigenvalue weighted by atomic mass is 33.1. The largest absolute Gasteiger partial charge is 0.507 e. The zero-order valence-corrected chi connectivity index (χ0v) is 30.4. The average Bonchev–Trinajstić information content (AvgIpc) is 3.16. The van der Waals surface area contributed by atoms with Gasteiger partial charge in [0, 0.05) is 54.1 Å². The van der Waals surface area contributed by atoms with Gasteiger partial charge in [0.2, 0.25) is 11.7 Å². The number of amides is 1. The van der Waals surface area contributed by atoms with E-state index in [2.05, 4.69) is 15.6 Å². The lowest BCUT2D eigenvalue weighted by atomic mass is 9.74. The number of aromatic nitrogens is 1. The zero-order valence-electron chi connectivity index (χ0n) is 28.8. The van der Waals surface area contributed by atoms with E-state index < -0.39 is 41.4 Å². The molecule has 2 saturated heterocycles. The number of fused-ring (bicyclic) bond motifs is 3. The van der Waals surface area contributed by atoms with Crippen LogP contribution < -0.4 is 15.4 Å². The number of phenolic OH excluding ortho intramolecular Hbond substituents is 2. The number of phenols is 2. The van der Waals surface area contributed by atoms with Gasteiger partial charge < -0.3 is 39.2 Å². The van der Waals surface area contributed by atoms with Gasteiger partial charge in [-0.1, -0.05) is 29.0 Å². The van der Waals surface area contributed by atoms with Crippen LogP contribution in [-0.2, 0) is 30.2 Å². The summed E-state index contributed by atoms with van der Waals surface area (Å²) in [5.74, 6) is -2.32. The molecule has 0 unspecified atom stereocenters. The summed E-state index contributed by atoms with van der Waals surface area (Å²) in [6, 6.07) is 10.3. The first-order valence-electron chi connectivity index (χ1n) is 17.4. The van der Waals surface area contributed by atoms with E-state index in [1.165, 1.54) is 24.0 Å². The molecule has 6 atom stereocenters. The van der Waals surface area contributed by atoms with Crippen LogP contribution in [0.25, 0.3) is 0 Å². The summed E-state index contributed by atoms with van der Waals surface area (Å²) in [4.78, 5) is 45.8. The van der Waals surface area contributed by atoms with Crippen molar-refractivity contribution >= 4 is 39.1 Å². The van der Waals surface area contributed by atoms with Crippen LogP contribution in [0, 0.1) is 5.92 Å². The summed E-state index contributed by atoms with van der Waals surface area (Å²) in [7, 11) is 4.47. The van der Waals surface area contributed by atoms with Crippen molar-refractivity contribution < 1.29 is 48.3 Å². The fourth-order valence-electron chi connectivity index (χ4n) is 7.29. The Labute approximate surface area is 308 Å². The molecule has 276 valence electrons. The van der Waals surface area contributed by atoms with E-state index in [4.69, 9.17) is 23.7 Å². The van der Waals surface area contributed by atoms with Gasteiger partial charge >= 0.3 is 0 Å². The van der Waals surface area contributed by atoms with Gasteiger partial charge in [-0.3, -0.25) is 19.7 Å². The number of methoxy groups -OCH3 is 1. The molecular weight excluding hydrogens is 711 g/mol. The highest BCUT2D eigenvalue weighted by molar-refractivity contribution is 8.76. The lowest BCUT2D eigenvalue weighted by Crippen LogP contribution is -2.49. The third-order valence-electron chi connectivity index (χ3n) is 9.79. The van der Waals surface area contributed by atoms with E-state index in [9.17, 15) is 24.6 Å². The fraction of sp³-hybridized carbons (Fsp3) is 0.459. The zero-order chi connectivity index (χ0) is 36.4. The topological polar surface area (TPSA) is 175 Å². The molecule has 2 aliphatic heterocycles. The smallest absolute Gasteiger partial charge is 0.223 e. The molecule has 0 spiro atoms. The summed E-state index contributed by atoms with van der Waals surface area (Å²) in [6.07, 6.45) is 0.466. The molecule has 7 rings (SSSR count). The molecule has 1 amide bonds. The Morgan fingerprint density at radius 2 is 1.90 bits per heavy atom. The van der Waals surface area contributed by atoms with Gasteiger partial charge in [-0.15, -0.1) is 0 Å². The number of pyridine rings is 1. The Balaban J connectivity index is 1.14. The second-order valence-corrected chi connectivity index (χ2v) is 15.5. The van der Waals surface area contributed by atoms with Crippen molar-refractivity contribution in [1.82, 2.24) is 15.6 Å². The average molecular weight is 752 g/mol. The van der Waals surface area contributed by atoms with Crippen LogP contribution in [0.1, 0.15) is 75.3 Å². The van der Waals surface area contributed by atoms with Crippen LogP contribution in [0.4, 0.5) is 0 Å². The van der Waals surface area contributed by atoms with Crippen LogP contribution in [0.3, 0.4) is 0 Å². The SMILES string of the molecule is COc1cccc2c1C(=O)c1c(O)c3c(c(O)c1C2=O)C[C@@H](C(=O)NCCSSc1ccccn1)C[C@@H]3O[C@H]1CC[C@H](O[C@@H]2COCCN2)[C@H](C)O1. The van der Waals surface area contributed by atoms with Crippen LogP contribution in [0.15, 0.2) is 47.6 Å². The Morgan fingerprint density at radius 3 is 2.65 bits per heavy atom. The van der Waals surface area contributed by atoms with Gasteiger partial charge in [-0.05, 0) is 55.2 Å². The second kappa shape index (κ2) is 16.1. The minimum Gasteiger partial charge on any atom is -0.507 e. The number of carbonyl (C=O) groups is 3. The van der Waals surface area contributed by atoms with E-state index in [0.717, 1.165) is 5.03 Å². The number of ether oxygens (including phenoxy) is 5. The first kappa shape index (κ1) is 36.6. The first-order valence-corrected chi connectivity index (χ1v) is 19.7. The number of benzene rings is 2. The third kappa shape index (κ3) is 7.40. The molecule has 52 heavy (non-hydrogen) atoms. The van der Waals surface area contributed by atoms with Crippen LogP contribution >= 0.6 is 21.6 Å². The number of morpholine rings is 1. The summed E-state index contributed by atoms with van der Waals surface area (Å²) in [5, 5.41) is 30.8. The number of nitrogens with one attached hydrogen (secondary N) is 2. The number of ketones is 2. The van der Waals surface area contributed by atoms with Crippen LogP contribution in [-0.4, -0.2) is 96.6 Å². The fourth-order valence-corrected chi connectivity index (χ4v) is 9.08. The molecule has 15 heteroatoms. The van der Waals surface area contributed by atoms with E-state index >= 15 is 0 Å². The Kier molecular flexibility index (Phi) is 11.4. The van der Waals surface area contributed by atoms with Gasteiger partial charge in [0.05, 0.1) is 55.3 Å². The van der Waals surface area contributed by atoms with E-state index in [-0.39, 0.29) is 76.3 Å². The van der Waals surface area contributed by atoms with Gasteiger partial charge in [0.15, 0.2) is 12.1 Å². The Morgan fingerprint density at radius 1 is 1.06 bits per heavy atom. The second-order valence-electron chi connectivity index (χ2n) is 13.0. The van der Waals surface area contributed by atoms with Gasteiger partial charge in [-0.25, -0.2) is 4.98 Å². The van der Waals surface area contributed by atoms with Crippen molar-refractivity contribution in [2.75, 3.05) is 39.2 Å². The molecule has 4 N–H and O–H groups in total. The molecule has 0 saturated carbocycles. The van der Waals surface area contributed by atoms with Crippen molar-refractivity contribution in [3.8, 4) is 17.2 Å². The Hall–Kier alpha value is -3.70. The van der Waals surface area contributed by atoms with E-state index in [1.54, 1.807) is 29.1 Å². The minimum atomic E-state index is -0.949. The number of rotatable bonds is 11. The monoisotopic (exact) mass is 751 g/mol. The van der Waals surface area contributed by atoms with Crippen molar-refractivity contribution in [2.45, 2.75) is 68.5 Å². The molecule has 0 radical (unpaired) electrons. The molecule has 3 aromatic rings. The van der Waals surface area contributed by atoms with E-state index in [0.29, 0.717) is 44.9 Å². The van der Waals surface area contributed by atoms with E-state index in [1.807, 2.05) is 25.1 Å². The maximum absolute atomic E-state index is 14.0. The van der Waals surface area contributed by atoms with Crippen molar-refractivity contribution in [1.29, 1.82) is 0 Å². The highest BCUT2D eigenvalue weighted by Crippen LogP contribution is 2.51. The standard InChI is InChI=1S/C37H41N3O10S2/c1-19-23(49-26-18-47-14-12-38-26)9-10-28(48-19)50-25-17-20(37(45)40-13-15-51-52-27-8-3-4-11-39-27)16-22-30(25)36(44)32-31(34(22)42)33(41)21-6-5-7-24(46-2)29(21)35(32)43/h3-8,11,19-20,23,25-26,28,38,42,44H,9-10,12-18H2,1-2H3,(H,40,45)/t19-,20+,23-,25-,26+,28-/m0/s1. The maximum atomic E-state index is 14.0. The van der Waals surface area contributed by atoms with Gasteiger partial charge in [0.1, 0.15) is 28.5 Å². The minimum absolute atomic E-state index is 0.00935. The number of hydrogen-bond donors (Lipinski definition) is 4. The quantitative estimate of drug-likeness (QED) is 0.0970. The lowest BCUT2D eigenvalue weighted by Gasteiger charge is -2.40. The molecule has 4 aliphatic rings. The summed E-state index contributed by atoms with van der Waals surface area (Å²) >= 11 is 0. The van der Waals surface area contributed by atoms with Gasteiger partial charge in [0.25, 0.3) is 0 Å². The number of hydrogen-bond acceptors (Lipinski definition) is 14. The summed E-state index contributed by atoms with van der Waals surface area (Å²) < 4.78 is 29.9. The summed E-state index contributed by atoms with van der Waals surface area (Å²) in [5.41, 5.74) is -0.191. The first-order chi connectivity index (χ1) is 25.2. The molecule has 3 heterocycles. The summed E-state index contributed by atoms with van der Waals surface area (Å²) in [6.45, 7) is 4.05. The molecule has 0 bridgehead atoms. The molecular formula is C37H41N3O10S2. The van der Waals surface area contributed by atoms with Gasteiger partial charge in [-0.2, -0.15) is 0 Å². The molecule has 13 nitrogen and oxygen atoms in total. The molecule has 2 fully saturated rings. The number of nitrogens with zero attached hydrogens (tertiary/aromatic N) is 1. The van der Waals surface area contributed by atoms with Crippen LogP contribution in [0.2, 0.25) is 0 Å². The van der Waals surface area contributed by atoms with Crippen molar-refractivity contribution in [3.63, 3.8) is 0 Å². The van der Waals surface area contributed by atoms with Crippen LogP contribution in [0.5, 0.6) is 17.2 Å². The lowest BCUT2D eigenvalue weighted by molar-refractivity contribution is -0.255. The highest BCUT2D eigenvalue weighted by Gasteiger charge is 2.45. The molecule has 2 aromatic carbocycles. The normalized spacial score (nSPS) is 25.5. The number of aromatic hydroxyl groups is 2. The Bertz CT molecular complexity index is 1820. The molecule has 2 aliphatic carbocycles. The third-order valence-corrected chi connectivity index (χ3v) is 12.1.